The molecule has 2 unspecified atom stereocenters. The maximum absolute atomic E-state index is 10.9. The predicted molar refractivity (Wildman–Crippen MR) is 64.9 cm³/mol. The Morgan fingerprint density at radius 2 is 2.22 bits per heavy atom. The molecule has 18 heavy (non-hydrogen) atoms. The van der Waals surface area contributed by atoms with E-state index in [0.717, 1.165) is 0 Å². The maximum atomic E-state index is 10.9. The molecule has 0 saturated carbocycles. The van der Waals surface area contributed by atoms with Crippen molar-refractivity contribution in [2.75, 3.05) is 6.54 Å². The summed E-state index contributed by atoms with van der Waals surface area (Å²) < 4.78 is 1.89. The van der Waals surface area contributed by atoms with E-state index in [1.165, 1.54) is 6.92 Å². The lowest BCUT2D eigenvalue weighted by Gasteiger charge is -2.18. The van der Waals surface area contributed by atoms with Gasteiger partial charge in [-0.15, -0.1) is 0 Å². The number of nitrogens with zero attached hydrogens (tertiary/aromatic N) is 2. The summed E-state index contributed by atoms with van der Waals surface area (Å²) in [5.74, 6) is -1.40. The largest absolute Gasteiger partial charge is 0.480 e. The molecule has 1 amide bonds. The van der Waals surface area contributed by atoms with E-state index in [4.69, 9.17) is 5.11 Å². The highest BCUT2D eigenvalue weighted by molar-refractivity contribution is 5.82. The highest BCUT2D eigenvalue weighted by Crippen LogP contribution is 1.92. The predicted octanol–water partition coefficient (Wildman–Crippen LogP) is -0.549. The Morgan fingerprint density at radius 1 is 1.50 bits per heavy atom. The van der Waals surface area contributed by atoms with Gasteiger partial charge in [-0.05, 0) is 6.92 Å². The maximum Gasteiger partial charge on any atom is 0.327 e. The molecule has 1 aromatic rings. The second kappa shape index (κ2) is 6.75. The molecule has 0 radical (unpaired) electrons. The fourth-order valence-electron chi connectivity index (χ4n) is 1.54. The lowest BCUT2D eigenvalue weighted by molar-refractivity contribution is -0.141. The minimum absolute atomic E-state index is 0.0785. The monoisotopic (exact) mass is 254 g/mol. The highest BCUT2D eigenvalue weighted by Gasteiger charge is 2.18. The Hall–Kier alpha value is -1.89. The SMILES string of the molecule is CC(=O)NC(CNC(C)Cn1ccnc1)C(=O)O. The topological polar surface area (TPSA) is 96.3 Å². The summed E-state index contributed by atoms with van der Waals surface area (Å²) in [6.45, 7) is 4.11. The first-order valence-corrected chi connectivity index (χ1v) is 5.68. The van der Waals surface area contributed by atoms with Gasteiger partial charge in [0.05, 0.1) is 6.33 Å². The van der Waals surface area contributed by atoms with Crippen LogP contribution in [0.15, 0.2) is 18.7 Å². The van der Waals surface area contributed by atoms with Crippen molar-refractivity contribution < 1.29 is 14.7 Å². The van der Waals surface area contributed by atoms with Crippen molar-refractivity contribution in [1.82, 2.24) is 20.2 Å². The quantitative estimate of drug-likeness (QED) is 0.606. The van der Waals surface area contributed by atoms with Crippen molar-refractivity contribution in [3.8, 4) is 0 Å². The minimum Gasteiger partial charge on any atom is -0.480 e. The number of aromatic nitrogens is 2. The minimum atomic E-state index is -1.05. The molecule has 0 spiro atoms. The Kier molecular flexibility index (Phi) is 5.31. The molecule has 1 aromatic heterocycles. The van der Waals surface area contributed by atoms with Crippen molar-refractivity contribution >= 4 is 11.9 Å². The molecule has 7 nitrogen and oxygen atoms in total. The summed E-state index contributed by atoms with van der Waals surface area (Å²) in [5, 5.41) is 14.4. The van der Waals surface area contributed by atoms with Crippen molar-refractivity contribution in [3.63, 3.8) is 0 Å². The molecule has 0 aromatic carbocycles. The first-order valence-electron chi connectivity index (χ1n) is 5.68. The zero-order chi connectivity index (χ0) is 13.5. The van der Waals surface area contributed by atoms with Crippen LogP contribution in [0.25, 0.3) is 0 Å². The van der Waals surface area contributed by atoms with E-state index in [-0.39, 0.29) is 18.5 Å². The van der Waals surface area contributed by atoms with Gasteiger partial charge in [-0.2, -0.15) is 0 Å². The van der Waals surface area contributed by atoms with Crippen molar-refractivity contribution in [3.05, 3.63) is 18.7 Å². The average Bonchev–Trinajstić information content (AvgIpc) is 2.76. The third kappa shape index (κ3) is 4.96. The third-order valence-corrected chi connectivity index (χ3v) is 2.39. The smallest absolute Gasteiger partial charge is 0.327 e. The number of carbonyl (C=O) groups excluding carboxylic acids is 1. The lowest BCUT2D eigenvalue weighted by Crippen LogP contribution is -2.48. The molecule has 3 N–H and O–H groups in total. The van der Waals surface area contributed by atoms with E-state index in [1.54, 1.807) is 12.5 Å². The Balaban J connectivity index is 2.37. The number of amides is 1. The van der Waals surface area contributed by atoms with Gasteiger partial charge >= 0.3 is 5.97 Å². The Morgan fingerprint density at radius 3 is 2.72 bits per heavy atom. The van der Waals surface area contributed by atoms with E-state index in [2.05, 4.69) is 15.6 Å². The van der Waals surface area contributed by atoms with Crippen molar-refractivity contribution in [2.45, 2.75) is 32.5 Å². The second-order valence-corrected chi connectivity index (χ2v) is 4.16. The third-order valence-electron chi connectivity index (χ3n) is 2.39. The number of hydrogen-bond donors (Lipinski definition) is 3. The second-order valence-electron chi connectivity index (χ2n) is 4.16. The zero-order valence-electron chi connectivity index (χ0n) is 10.5. The molecule has 1 heterocycles. The van der Waals surface area contributed by atoms with Crippen molar-refractivity contribution in [2.24, 2.45) is 0 Å². The van der Waals surface area contributed by atoms with Crippen LogP contribution in [0.2, 0.25) is 0 Å². The Labute approximate surface area is 105 Å². The number of carboxylic acids is 1. The van der Waals surface area contributed by atoms with E-state index < -0.39 is 12.0 Å². The number of carboxylic acid groups (broad SMARTS) is 1. The van der Waals surface area contributed by atoms with Crippen LogP contribution in [0.3, 0.4) is 0 Å². The summed E-state index contributed by atoms with van der Waals surface area (Å²) in [6.07, 6.45) is 5.21. The first-order chi connectivity index (χ1) is 8.49. The number of rotatable bonds is 7. The standard InChI is InChI=1S/C11H18N4O3/c1-8(6-15-4-3-12-7-15)13-5-10(11(17)18)14-9(2)16/h3-4,7-8,10,13H,5-6H2,1-2H3,(H,14,16)(H,17,18). The van der Waals surface area contributed by atoms with Gasteiger partial charge in [-0.3, -0.25) is 4.79 Å². The van der Waals surface area contributed by atoms with E-state index >= 15 is 0 Å². The van der Waals surface area contributed by atoms with Crippen LogP contribution in [0, 0.1) is 0 Å². The molecule has 100 valence electrons. The van der Waals surface area contributed by atoms with E-state index in [1.807, 2.05) is 17.7 Å². The number of hydrogen-bond acceptors (Lipinski definition) is 4. The molecular formula is C11H18N4O3. The highest BCUT2D eigenvalue weighted by atomic mass is 16.4. The summed E-state index contributed by atoms with van der Waals surface area (Å²) in [6, 6.07) is -0.831. The van der Waals surface area contributed by atoms with Crippen LogP contribution in [-0.2, 0) is 16.1 Å². The number of carbonyl (C=O) groups is 2. The number of nitrogens with one attached hydrogen (secondary N) is 2. The van der Waals surface area contributed by atoms with Crippen LogP contribution in [0.1, 0.15) is 13.8 Å². The molecule has 1 rings (SSSR count). The van der Waals surface area contributed by atoms with Gasteiger partial charge in [0.25, 0.3) is 0 Å². The number of aliphatic carboxylic acids is 1. The molecular weight excluding hydrogens is 236 g/mol. The van der Waals surface area contributed by atoms with Gasteiger partial charge in [-0.25, -0.2) is 9.78 Å². The van der Waals surface area contributed by atoms with E-state index in [9.17, 15) is 9.59 Å². The van der Waals surface area contributed by atoms with Gasteiger partial charge in [0.1, 0.15) is 6.04 Å². The van der Waals surface area contributed by atoms with Gasteiger partial charge in [-0.1, -0.05) is 0 Å². The normalized spacial score (nSPS) is 13.9. The molecule has 0 fully saturated rings. The first kappa shape index (κ1) is 14.2. The summed E-state index contributed by atoms with van der Waals surface area (Å²) in [4.78, 5) is 25.7. The fraction of sp³-hybridized carbons (Fsp3) is 0.545. The summed E-state index contributed by atoms with van der Waals surface area (Å²) >= 11 is 0. The van der Waals surface area contributed by atoms with E-state index in [0.29, 0.717) is 6.54 Å². The van der Waals surface area contributed by atoms with Crippen LogP contribution in [0.4, 0.5) is 0 Å². The van der Waals surface area contributed by atoms with Crippen LogP contribution >= 0.6 is 0 Å². The van der Waals surface area contributed by atoms with Crippen LogP contribution in [-0.4, -0.2) is 45.2 Å². The molecule has 0 saturated heterocycles. The molecule has 0 aliphatic rings. The molecule has 0 aliphatic heterocycles. The van der Waals surface area contributed by atoms with Gasteiger partial charge in [0, 0.05) is 38.4 Å². The molecule has 0 bridgehead atoms. The van der Waals surface area contributed by atoms with Crippen LogP contribution in [0.5, 0.6) is 0 Å². The van der Waals surface area contributed by atoms with Crippen molar-refractivity contribution in [1.29, 1.82) is 0 Å². The number of imidazole rings is 1. The zero-order valence-corrected chi connectivity index (χ0v) is 10.5. The molecule has 7 heteroatoms. The summed E-state index contributed by atoms with van der Waals surface area (Å²) in [5.41, 5.74) is 0. The molecule has 2 atom stereocenters. The van der Waals surface area contributed by atoms with Crippen LogP contribution < -0.4 is 10.6 Å². The fourth-order valence-corrected chi connectivity index (χ4v) is 1.54. The molecule has 0 aliphatic carbocycles. The average molecular weight is 254 g/mol. The lowest BCUT2D eigenvalue weighted by atomic mass is 10.2. The van der Waals surface area contributed by atoms with Gasteiger partial charge in [0.2, 0.25) is 5.91 Å². The summed E-state index contributed by atoms with van der Waals surface area (Å²) in [7, 11) is 0. The van der Waals surface area contributed by atoms with Gasteiger partial charge < -0.3 is 20.3 Å². The Bertz CT molecular complexity index is 391. The van der Waals surface area contributed by atoms with Gasteiger partial charge in [0.15, 0.2) is 0 Å².